The number of amides is 1. The van der Waals surface area contributed by atoms with E-state index in [1.54, 1.807) is 6.92 Å². The van der Waals surface area contributed by atoms with E-state index in [2.05, 4.69) is 4.98 Å². The molecular formula is C11H15ClN2O4S. The summed E-state index contributed by atoms with van der Waals surface area (Å²) in [5.74, 6) is -1.02. The number of halogens is 1. The second-order valence-corrected chi connectivity index (χ2v) is 5.96. The van der Waals surface area contributed by atoms with Crippen molar-refractivity contribution in [2.45, 2.75) is 25.2 Å². The minimum Gasteiger partial charge on any atom is -0.372 e. The number of aromatic nitrogens is 1. The molecule has 0 spiro atoms. The van der Waals surface area contributed by atoms with E-state index in [0.717, 1.165) is 0 Å². The quantitative estimate of drug-likeness (QED) is 0.796. The molecule has 0 saturated carbocycles. The van der Waals surface area contributed by atoms with Crippen LogP contribution in [-0.4, -0.2) is 32.5 Å². The van der Waals surface area contributed by atoms with Crippen LogP contribution in [0.25, 0.3) is 0 Å². The molecule has 1 aromatic rings. The Morgan fingerprint density at radius 1 is 1.53 bits per heavy atom. The van der Waals surface area contributed by atoms with E-state index in [1.165, 1.54) is 25.4 Å². The van der Waals surface area contributed by atoms with Crippen molar-refractivity contribution in [1.82, 2.24) is 9.71 Å². The summed E-state index contributed by atoms with van der Waals surface area (Å²) in [6.07, 6.45) is 0.957. The van der Waals surface area contributed by atoms with Crippen LogP contribution in [0.15, 0.2) is 18.3 Å². The zero-order chi connectivity index (χ0) is 14.5. The lowest BCUT2D eigenvalue weighted by molar-refractivity contribution is -0.129. The molecule has 1 heterocycles. The van der Waals surface area contributed by atoms with Gasteiger partial charge in [-0.1, -0.05) is 24.6 Å². The largest absolute Gasteiger partial charge is 0.372 e. The van der Waals surface area contributed by atoms with Crippen molar-refractivity contribution < 1.29 is 17.9 Å². The fourth-order valence-electron chi connectivity index (χ4n) is 1.43. The Hall–Kier alpha value is -1.18. The van der Waals surface area contributed by atoms with Gasteiger partial charge in [-0.2, -0.15) is 0 Å². The van der Waals surface area contributed by atoms with Gasteiger partial charge >= 0.3 is 0 Å². The molecule has 0 fully saturated rings. The Kier molecular flexibility index (Phi) is 5.71. The SMILES string of the molecule is CCC(OC)C(=O)NS(=O)(=O)Cc1ccc(Cl)nc1. The summed E-state index contributed by atoms with van der Waals surface area (Å²) >= 11 is 5.60. The highest BCUT2D eigenvalue weighted by Crippen LogP contribution is 2.08. The zero-order valence-corrected chi connectivity index (χ0v) is 12.2. The van der Waals surface area contributed by atoms with Crippen LogP contribution < -0.4 is 4.72 Å². The minimum absolute atomic E-state index is 0.274. The van der Waals surface area contributed by atoms with Gasteiger partial charge < -0.3 is 4.74 Å². The summed E-state index contributed by atoms with van der Waals surface area (Å²) in [4.78, 5) is 15.4. The van der Waals surface area contributed by atoms with Gasteiger partial charge in [0.1, 0.15) is 11.3 Å². The van der Waals surface area contributed by atoms with Gasteiger partial charge in [-0.25, -0.2) is 13.4 Å². The molecule has 106 valence electrons. The first-order valence-electron chi connectivity index (χ1n) is 5.55. The van der Waals surface area contributed by atoms with E-state index in [-0.39, 0.29) is 10.9 Å². The third kappa shape index (κ3) is 5.14. The van der Waals surface area contributed by atoms with E-state index in [4.69, 9.17) is 16.3 Å². The Balaban J connectivity index is 2.71. The Morgan fingerprint density at radius 3 is 2.68 bits per heavy atom. The van der Waals surface area contributed by atoms with Crippen LogP contribution in [0.2, 0.25) is 5.15 Å². The lowest BCUT2D eigenvalue weighted by Gasteiger charge is -2.13. The van der Waals surface area contributed by atoms with E-state index >= 15 is 0 Å². The highest BCUT2D eigenvalue weighted by molar-refractivity contribution is 7.89. The van der Waals surface area contributed by atoms with Gasteiger partial charge in [-0.15, -0.1) is 0 Å². The van der Waals surface area contributed by atoms with E-state index < -0.39 is 22.0 Å². The van der Waals surface area contributed by atoms with Crippen LogP contribution >= 0.6 is 11.6 Å². The summed E-state index contributed by atoms with van der Waals surface area (Å²) in [5.41, 5.74) is 0.440. The maximum atomic E-state index is 11.8. The van der Waals surface area contributed by atoms with Crippen LogP contribution in [0.1, 0.15) is 18.9 Å². The average molecular weight is 307 g/mol. The summed E-state index contributed by atoms with van der Waals surface area (Å²) in [6, 6.07) is 3.02. The Labute approximate surface area is 117 Å². The third-order valence-electron chi connectivity index (χ3n) is 2.35. The summed E-state index contributed by atoms with van der Waals surface area (Å²) in [7, 11) is -2.42. The molecule has 0 saturated heterocycles. The molecule has 8 heteroatoms. The molecule has 0 aromatic carbocycles. The topological polar surface area (TPSA) is 85.4 Å². The lowest BCUT2D eigenvalue weighted by Crippen LogP contribution is -2.39. The predicted octanol–water partition coefficient (Wildman–Crippen LogP) is 1.11. The average Bonchev–Trinajstić information content (AvgIpc) is 2.32. The standard InChI is InChI=1S/C11H15ClN2O4S/c1-3-9(18-2)11(15)14-19(16,17)7-8-4-5-10(12)13-6-8/h4-6,9H,3,7H2,1-2H3,(H,14,15). The molecule has 1 amide bonds. The second-order valence-electron chi connectivity index (χ2n) is 3.85. The van der Waals surface area contributed by atoms with Crippen molar-refractivity contribution in [2.24, 2.45) is 0 Å². The molecule has 1 N–H and O–H groups in total. The number of hydrogen-bond donors (Lipinski definition) is 1. The summed E-state index contributed by atoms with van der Waals surface area (Å²) in [6.45, 7) is 1.73. The molecule has 0 aliphatic heterocycles. The van der Waals surface area contributed by atoms with Gasteiger partial charge in [-0.3, -0.25) is 9.52 Å². The number of nitrogens with zero attached hydrogens (tertiary/aromatic N) is 1. The van der Waals surface area contributed by atoms with Gasteiger partial charge in [-0.05, 0) is 18.1 Å². The van der Waals surface area contributed by atoms with Gasteiger partial charge in [0.25, 0.3) is 5.91 Å². The molecule has 0 bridgehead atoms. The molecule has 1 rings (SSSR count). The first kappa shape index (κ1) is 15.9. The normalized spacial score (nSPS) is 13.0. The maximum absolute atomic E-state index is 11.8. The fraction of sp³-hybridized carbons (Fsp3) is 0.455. The fourth-order valence-corrected chi connectivity index (χ4v) is 2.66. The lowest BCUT2D eigenvalue weighted by atomic mass is 10.3. The molecule has 0 radical (unpaired) electrons. The molecule has 0 aliphatic rings. The molecular weight excluding hydrogens is 292 g/mol. The molecule has 1 atom stereocenters. The van der Waals surface area contributed by atoms with Crippen molar-refractivity contribution in [3.05, 3.63) is 29.0 Å². The van der Waals surface area contributed by atoms with E-state index in [0.29, 0.717) is 12.0 Å². The van der Waals surface area contributed by atoms with E-state index in [1.807, 2.05) is 4.72 Å². The first-order chi connectivity index (χ1) is 8.88. The van der Waals surface area contributed by atoms with Crippen LogP contribution in [0, 0.1) is 0 Å². The van der Waals surface area contributed by atoms with Gasteiger partial charge in [0.05, 0.1) is 5.75 Å². The smallest absolute Gasteiger partial charge is 0.262 e. The molecule has 19 heavy (non-hydrogen) atoms. The van der Waals surface area contributed by atoms with E-state index in [9.17, 15) is 13.2 Å². The summed E-state index contributed by atoms with van der Waals surface area (Å²) in [5, 5.41) is 0.274. The van der Waals surface area contributed by atoms with Crippen LogP contribution in [0.4, 0.5) is 0 Å². The number of ether oxygens (including phenoxy) is 1. The van der Waals surface area contributed by atoms with Crippen molar-refractivity contribution in [1.29, 1.82) is 0 Å². The number of carbonyl (C=O) groups excluding carboxylic acids is 1. The van der Waals surface area contributed by atoms with Crippen LogP contribution in [0.3, 0.4) is 0 Å². The highest BCUT2D eigenvalue weighted by atomic mass is 35.5. The molecule has 1 aromatic heterocycles. The van der Waals surface area contributed by atoms with Crippen molar-refractivity contribution in [2.75, 3.05) is 7.11 Å². The summed E-state index contributed by atoms with van der Waals surface area (Å²) < 4.78 is 30.4. The predicted molar refractivity (Wildman–Crippen MR) is 71.1 cm³/mol. The molecule has 1 unspecified atom stereocenters. The third-order valence-corrected chi connectivity index (χ3v) is 3.80. The van der Waals surface area contributed by atoms with Crippen molar-refractivity contribution in [3.8, 4) is 0 Å². The van der Waals surface area contributed by atoms with Gasteiger partial charge in [0.2, 0.25) is 10.0 Å². The zero-order valence-electron chi connectivity index (χ0n) is 10.6. The Bertz CT molecular complexity index is 526. The number of pyridine rings is 1. The van der Waals surface area contributed by atoms with Gasteiger partial charge in [0.15, 0.2) is 0 Å². The number of nitrogens with one attached hydrogen (secondary N) is 1. The molecule has 6 nitrogen and oxygen atoms in total. The van der Waals surface area contributed by atoms with Crippen molar-refractivity contribution >= 4 is 27.5 Å². The van der Waals surface area contributed by atoms with Crippen LogP contribution in [0.5, 0.6) is 0 Å². The van der Waals surface area contributed by atoms with Crippen LogP contribution in [-0.2, 0) is 25.3 Å². The second kappa shape index (κ2) is 6.83. The number of rotatable bonds is 6. The Morgan fingerprint density at radius 2 is 2.21 bits per heavy atom. The number of carbonyl (C=O) groups is 1. The number of sulfonamides is 1. The maximum Gasteiger partial charge on any atom is 0.262 e. The number of hydrogen-bond acceptors (Lipinski definition) is 5. The highest BCUT2D eigenvalue weighted by Gasteiger charge is 2.22. The minimum atomic E-state index is -3.77. The monoisotopic (exact) mass is 306 g/mol. The number of methoxy groups -OCH3 is 1. The van der Waals surface area contributed by atoms with Crippen molar-refractivity contribution in [3.63, 3.8) is 0 Å². The van der Waals surface area contributed by atoms with Gasteiger partial charge in [0, 0.05) is 13.3 Å². The molecule has 0 aliphatic carbocycles. The first-order valence-corrected chi connectivity index (χ1v) is 7.58.